The van der Waals surface area contributed by atoms with Gasteiger partial charge >= 0.3 is 0 Å². The second kappa shape index (κ2) is 8.37. The number of hydrogen-bond donors (Lipinski definition) is 2. The van der Waals surface area contributed by atoms with Crippen molar-refractivity contribution in [3.63, 3.8) is 0 Å². The fourth-order valence-electron chi connectivity index (χ4n) is 2.82. The summed E-state index contributed by atoms with van der Waals surface area (Å²) >= 11 is 0. The molecule has 1 aliphatic heterocycles. The van der Waals surface area contributed by atoms with E-state index in [1.165, 1.54) is 24.9 Å². The van der Waals surface area contributed by atoms with Crippen molar-refractivity contribution in [1.82, 2.24) is 5.32 Å². The van der Waals surface area contributed by atoms with E-state index in [0.717, 1.165) is 18.8 Å². The summed E-state index contributed by atoms with van der Waals surface area (Å²) in [5.74, 6) is -0.187. The first-order valence-corrected chi connectivity index (χ1v) is 9.25. The lowest BCUT2D eigenvalue weighted by molar-refractivity contribution is -0.138. The lowest BCUT2D eigenvalue weighted by atomic mass is 9.90. The molecule has 0 aromatic heterocycles. The Kier molecular flexibility index (Phi) is 6.45. The quantitative estimate of drug-likeness (QED) is 0.777. The first-order valence-electron chi connectivity index (χ1n) is 9.25. The maximum atomic E-state index is 12.5. The van der Waals surface area contributed by atoms with Gasteiger partial charge in [-0.05, 0) is 63.3 Å². The van der Waals surface area contributed by atoms with E-state index in [1.807, 2.05) is 38.1 Å². The van der Waals surface area contributed by atoms with Crippen LogP contribution in [0.4, 0.5) is 11.4 Å². The van der Waals surface area contributed by atoms with Crippen molar-refractivity contribution < 1.29 is 9.59 Å². The molecule has 5 nitrogen and oxygen atoms in total. The first kappa shape index (κ1) is 19.3. The van der Waals surface area contributed by atoms with Crippen LogP contribution in [-0.2, 0) is 9.59 Å². The molecule has 1 saturated heterocycles. The predicted octanol–water partition coefficient (Wildman–Crippen LogP) is 3.41. The van der Waals surface area contributed by atoms with Crippen LogP contribution in [0.2, 0.25) is 0 Å². The molecule has 2 amide bonds. The van der Waals surface area contributed by atoms with E-state index >= 15 is 0 Å². The molecule has 2 N–H and O–H groups in total. The highest BCUT2D eigenvalue weighted by atomic mass is 16.2. The van der Waals surface area contributed by atoms with Gasteiger partial charge in [-0.2, -0.15) is 0 Å². The highest BCUT2D eigenvalue weighted by Gasteiger charge is 2.36. The Morgan fingerprint density at radius 1 is 1.04 bits per heavy atom. The molecule has 0 spiro atoms. The third-order valence-corrected chi connectivity index (χ3v) is 4.65. The molecule has 5 heteroatoms. The Bertz CT molecular complexity index is 587. The van der Waals surface area contributed by atoms with Gasteiger partial charge in [0.15, 0.2) is 0 Å². The van der Waals surface area contributed by atoms with Crippen LogP contribution in [0.15, 0.2) is 24.3 Å². The largest absolute Gasteiger partial charge is 0.372 e. The zero-order chi connectivity index (χ0) is 18.4. The number of piperidine rings is 1. The SMILES string of the molecule is CC(C)CNC(=O)C(C)(C)C(=O)Nc1ccc(N2CCCCC2)cc1. The van der Waals surface area contributed by atoms with Crippen molar-refractivity contribution in [3.8, 4) is 0 Å². The molecule has 25 heavy (non-hydrogen) atoms. The van der Waals surface area contributed by atoms with Crippen molar-refractivity contribution in [2.45, 2.75) is 47.0 Å². The number of nitrogens with zero attached hydrogens (tertiary/aromatic N) is 1. The van der Waals surface area contributed by atoms with Gasteiger partial charge in [0.05, 0.1) is 0 Å². The van der Waals surface area contributed by atoms with E-state index in [4.69, 9.17) is 0 Å². The summed E-state index contributed by atoms with van der Waals surface area (Å²) < 4.78 is 0. The van der Waals surface area contributed by atoms with E-state index in [1.54, 1.807) is 13.8 Å². The van der Waals surface area contributed by atoms with E-state index in [2.05, 4.69) is 15.5 Å². The molecule has 0 saturated carbocycles. The summed E-state index contributed by atoms with van der Waals surface area (Å²) in [6, 6.07) is 7.88. The molecule has 0 bridgehead atoms. The Balaban J connectivity index is 1.95. The van der Waals surface area contributed by atoms with Gasteiger partial charge in [0.1, 0.15) is 5.41 Å². The average molecular weight is 345 g/mol. The molecule has 1 aromatic rings. The molecule has 0 atom stereocenters. The second-order valence-corrected chi connectivity index (χ2v) is 7.78. The average Bonchev–Trinajstić information content (AvgIpc) is 2.60. The summed E-state index contributed by atoms with van der Waals surface area (Å²) in [5, 5.41) is 5.70. The van der Waals surface area contributed by atoms with Crippen LogP contribution in [0, 0.1) is 11.3 Å². The zero-order valence-corrected chi connectivity index (χ0v) is 15.9. The normalized spacial score (nSPS) is 15.2. The molecule has 1 fully saturated rings. The molecule has 1 aromatic carbocycles. The van der Waals surface area contributed by atoms with Gasteiger partial charge < -0.3 is 15.5 Å². The highest BCUT2D eigenvalue weighted by molar-refractivity contribution is 6.09. The minimum absolute atomic E-state index is 0.247. The smallest absolute Gasteiger partial charge is 0.239 e. The van der Waals surface area contributed by atoms with Crippen molar-refractivity contribution in [3.05, 3.63) is 24.3 Å². The van der Waals surface area contributed by atoms with Gasteiger partial charge in [-0.15, -0.1) is 0 Å². The summed E-state index contributed by atoms with van der Waals surface area (Å²) in [7, 11) is 0. The van der Waals surface area contributed by atoms with Crippen molar-refractivity contribution in [1.29, 1.82) is 0 Å². The Morgan fingerprint density at radius 3 is 2.20 bits per heavy atom. The molecule has 0 radical (unpaired) electrons. The minimum atomic E-state index is -1.11. The van der Waals surface area contributed by atoms with E-state index in [9.17, 15) is 9.59 Å². The van der Waals surface area contributed by atoms with Crippen LogP contribution in [0.25, 0.3) is 0 Å². The molecule has 1 heterocycles. The van der Waals surface area contributed by atoms with Gasteiger partial charge in [0.2, 0.25) is 11.8 Å². The van der Waals surface area contributed by atoms with E-state index in [-0.39, 0.29) is 11.8 Å². The number of benzene rings is 1. The molecular formula is C20H31N3O2. The summed E-state index contributed by atoms with van der Waals surface area (Å²) in [5.41, 5.74) is 0.794. The number of anilines is 2. The Labute approximate surface area is 151 Å². The molecule has 0 aliphatic carbocycles. The predicted molar refractivity (Wildman–Crippen MR) is 103 cm³/mol. The summed E-state index contributed by atoms with van der Waals surface area (Å²) in [4.78, 5) is 27.2. The Hall–Kier alpha value is -2.04. The van der Waals surface area contributed by atoms with Crippen LogP contribution in [-0.4, -0.2) is 31.4 Å². The van der Waals surface area contributed by atoms with E-state index < -0.39 is 5.41 Å². The van der Waals surface area contributed by atoms with Gasteiger partial charge in [-0.3, -0.25) is 9.59 Å². The van der Waals surface area contributed by atoms with E-state index in [0.29, 0.717) is 12.5 Å². The van der Waals surface area contributed by atoms with Crippen LogP contribution < -0.4 is 15.5 Å². The van der Waals surface area contributed by atoms with Crippen molar-refractivity contribution >= 4 is 23.2 Å². The molecule has 2 rings (SSSR count). The molecule has 138 valence electrons. The molecule has 1 aliphatic rings. The molecule has 0 unspecified atom stereocenters. The van der Waals surface area contributed by atoms with Crippen LogP contribution in [0.3, 0.4) is 0 Å². The van der Waals surface area contributed by atoms with Gasteiger partial charge in [0, 0.05) is 31.0 Å². The fourth-order valence-corrected chi connectivity index (χ4v) is 2.82. The Morgan fingerprint density at radius 2 is 1.64 bits per heavy atom. The number of amides is 2. The summed E-state index contributed by atoms with van der Waals surface area (Å²) in [6.07, 6.45) is 3.77. The van der Waals surface area contributed by atoms with Gasteiger partial charge in [-0.1, -0.05) is 13.8 Å². The lowest BCUT2D eigenvalue weighted by Crippen LogP contribution is -2.46. The third kappa shape index (κ3) is 5.21. The lowest BCUT2D eigenvalue weighted by Gasteiger charge is -2.29. The summed E-state index contributed by atoms with van der Waals surface area (Å²) in [6.45, 7) is 10.1. The standard InChI is InChI=1S/C20H31N3O2/c1-15(2)14-21-18(24)20(3,4)19(25)22-16-8-10-17(11-9-16)23-12-6-5-7-13-23/h8-11,15H,5-7,12-14H2,1-4H3,(H,21,24)(H,22,25). The first-order chi connectivity index (χ1) is 11.8. The topological polar surface area (TPSA) is 61.4 Å². The second-order valence-electron chi connectivity index (χ2n) is 7.78. The minimum Gasteiger partial charge on any atom is -0.372 e. The van der Waals surface area contributed by atoms with Crippen LogP contribution >= 0.6 is 0 Å². The molecular weight excluding hydrogens is 314 g/mol. The number of carbonyl (C=O) groups excluding carboxylic acids is 2. The van der Waals surface area contributed by atoms with Crippen molar-refractivity contribution in [2.75, 3.05) is 29.9 Å². The van der Waals surface area contributed by atoms with Gasteiger partial charge in [0.25, 0.3) is 0 Å². The number of nitrogens with one attached hydrogen (secondary N) is 2. The maximum absolute atomic E-state index is 12.5. The van der Waals surface area contributed by atoms with Gasteiger partial charge in [-0.25, -0.2) is 0 Å². The third-order valence-electron chi connectivity index (χ3n) is 4.65. The maximum Gasteiger partial charge on any atom is 0.239 e. The van der Waals surface area contributed by atoms with Crippen LogP contribution in [0.1, 0.15) is 47.0 Å². The van der Waals surface area contributed by atoms with Crippen molar-refractivity contribution in [2.24, 2.45) is 11.3 Å². The number of rotatable bonds is 6. The van der Waals surface area contributed by atoms with Crippen LogP contribution in [0.5, 0.6) is 0 Å². The fraction of sp³-hybridized carbons (Fsp3) is 0.600. The monoisotopic (exact) mass is 345 g/mol. The highest BCUT2D eigenvalue weighted by Crippen LogP contribution is 2.23. The number of carbonyl (C=O) groups is 2. The zero-order valence-electron chi connectivity index (χ0n) is 15.9. The number of hydrogen-bond acceptors (Lipinski definition) is 3.